The average molecular weight is 288 g/mol. The minimum absolute atomic E-state index is 0.0666. The Morgan fingerprint density at radius 2 is 2.00 bits per heavy atom. The quantitative estimate of drug-likeness (QED) is 0.839. The first-order valence-electron chi connectivity index (χ1n) is 6.32. The molecule has 1 saturated heterocycles. The smallest absolute Gasteiger partial charge is 0.169 e. The molecule has 0 amide bonds. The Morgan fingerprint density at radius 1 is 1.37 bits per heavy atom. The van der Waals surface area contributed by atoms with Crippen LogP contribution in [0.5, 0.6) is 0 Å². The van der Waals surface area contributed by atoms with Crippen molar-refractivity contribution in [3.63, 3.8) is 0 Å². The first-order valence-corrected chi connectivity index (χ1v) is 6.70. The molecule has 0 unspecified atom stereocenters. The summed E-state index contributed by atoms with van der Waals surface area (Å²) in [5.41, 5.74) is 12.2. The van der Waals surface area contributed by atoms with Crippen LogP contribution in [0.25, 0.3) is 0 Å². The normalized spacial score (nSPS) is 16.6. The van der Waals surface area contributed by atoms with Crippen molar-refractivity contribution in [1.82, 2.24) is 0 Å². The molecule has 2 rings (SSSR count). The van der Waals surface area contributed by atoms with Crippen LogP contribution in [0.1, 0.15) is 12.8 Å². The van der Waals surface area contributed by atoms with Crippen LogP contribution in [0.15, 0.2) is 6.07 Å². The van der Waals surface area contributed by atoms with Gasteiger partial charge >= 0.3 is 0 Å². The van der Waals surface area contributed by atoms with Gasteiger partial charge in [0, 0.05) is 26.8 Å². The molecular formula is C13H19ClFN3O. The molecule has 0 spiro atoms. The molecule has 0 aliphatic carbocycles. The van der Waals surface area contributed by atoms with Gasteiger partial charge in [-0.05, 0) is 24.8 Å². The third kappa shape index (κ3) is 3.04. The topological polar surface area (TPSA) is 64.5 Å². The van der Waals surface area contributed by atoms with E-state index < -0.39 is 5.82 Å². The fourth-order valence-corrected chi connectivity index (χ4v) is 2.60. The van der Waals surface area contributed by atoms with E-state index in [4.69, 9.17) is 27.8 Å². The van der Waals surface area contributed by atoms with Gasteiger partial charge in [-0.1, -0.05) is 11.6 Å². The Balaban J connectivity index is 2.18. The summed E-state index contributed by atoms with van der Waals surface area (Å²) < 4.78 is 19.5. The standard InChI is InChI=1S/C13H19ClFN3O/c1-18(7-8-2-4-19-5-3-8)13-10(17)6-9(16)11(14)12(13)15/h6,8H,2-5,7,16-17H2,1H3. The third-order valence-electron chi connectivity index (χ3n) is 3.49. The summed E-state index contributed by atoms with van der Waals surface area (Å²) in [6, 6.07) is 1.50. The number of hydrogen-bond acceptors (Lipinski definition) is 4. The largest absolute Gasteiger partial charge is 0.397 e. The molecule has 0 bridgehead atoms. The molecule has 19 heavy (non-hydrogen) atoms. The number of nitrogens with zero attached hydrogens (tertiary/aromatic N) is 1. The third-order valence-corrected chi connectivity index (χ3v) is 3.88. The van der Waals surface area contributed by atoms with E-state index in [2.05, 4.69) is 0 Å². The summed E-state index contributed by atoms with van der Waals surface area (Å²) in [7, 11) is 1.82. The molecule has 1 aliphatic heterocycles. The second-order valence-electron chi connectivity index (χ2n) is 4.97. The molecule has 0 saturated carbocycles. The van der Waals surface area contributed by atoms with Crippen molar-refractivity contribution in [2.24, 2.45) is 5.92 Å². The second-order valence-corrected chi connectivity index (χ2v) is 5.35. The van der Waals surface area contributed by atoms with E-state index in [1.165, 1.54) is 6.07 Å². The summed E-state index contributed by atoms with van der Waals surface area (Å²) in [5, 5.41) is -0.0666. The summed E-state index contributed by atoms with van der Waals surface area (Å²) in [6.45, 7) is 2.25. The Labute approximate surface area is 117 Å². The van der Waals surface area contributed by atoms with Crippen LogP contribution in [0.3, 0.4) is 0 Å². The van der Waals surface area contributed by atoms with Gasteiger partial charge in [0.2, 0.25) is 0 Å². The summed E-state index contributed by atoms with van der Waals surface area (Å²) in [5.74, 6) is -0.0670. The Hall–Kier alpha value is -1.20. The number of benzene rings is 1. The van der Waals surface area contributed by atoms with Crippen LogP contribution in [0.2, 0.25) is 5.02 Å². The van der Waals surface area contributed by atoms with E-state index >= 15 is 0 Å². The molecule has 0 atom stereocenters. The van der Waals surface area contributed by atoms with Crippen molar-refractivity contribution in [3.05, 3.63) is 16.9 Å². The SMILES string of the molecule is CN(CC1CCOCC1)c1c(N)cc(N)c(Cl)c1F. The lowest BCUT2D eigenvalue weighted by Crippen LogP contribution is -2.30. The molecule has 0 radical (unpaired) electrons. The first-order chi connectivity index (χ1) is 9.00. The maximum absolute atomic E-state index is 14.2. The summed E-state index contributed by atoms with van der Waals surface area (Å²) in [6.07, 6.45) is 1.96. The van der Waals surface area contributed by atoms with E-state index in [0.29, 0.717) is 17.3 Å². The Bertz CT molecular complexity index is 464. The highest BCUT2D eigenvalue weighted by Crippen LogP contribution is 2.36. The van der Waals surface area contributed by atoms with Crippen LogP contribution in [-0.2, 0) is 4.74 Å². The molecule has 1 aliphatic rings. The van der Waals surface area contributed by atoms with E-state index in [1.807, 2.05) is 11.9 Å². The van der Waals surface area contributed by atoms with Crippen LogP contribution < -0.4 is 16.4 Å². The summed E-state index contributed by atoms with van der Waals surface area (Å²) >= 11 is 5.84. The molecule has 1 fully saturated rings. The van der Waals surface area contributed by atoms with Crippen molar-refractivity contribution in [2.45, 2.75) is 12.8 Å². The van der Waals surface area contributed by atoms with Gasteiger partial charge in [0.15, 0.2) is 5.82 Å². The highest BCUT2D eigenvalue weighted by atomic mass is 35.5. The van der Waals surface area contributed by atoms with Crippen molar-refractivity contribution in [3.8, 4) is 0 Å². The maximum Gasteiger partial charge on any atom is 0.169 e. The molecular weight excluding hydrogens is 269 g/mol. The minimum atomic E-state index is -0.547. The highest BCUT2D eigenvalue weighted by Gasteiger charge is 2.21. The van der Waals surface area contributed by atoms with Crippen molar-refractivity contribution in [1.29, 1.82) is 0 Å². The van der Waals surface area contributed by atoms with Crippen molar-refractivity contribution < 1.29 is 9.13 Å². The highest BCUT2D eigenvalue weighted by molar-refractivity contribution is 6.33. The number of halogens is 2. The zero-order valence-electron chi connectivity index (χ0n) is 11.0. The van der Waals surface area contributed by atoms with Crippen molar-refractivity contribution >= 4 is 28.7 Å². The summed E-state index contributed by atoms with van der Waals surface area (Å²) in [4.78, 5) is 1.81. The fraction of sp³-hybridized carbons (Fsp3) is 0.538. The van der Waals surface area contributed by atoms with Crippen LogP contribution in [-0.4, -0.2) is 26.8 Å². The molecule has 6 heteroatoms. The molecule has 4 nitrogen and oxygen atoms in total. The van der Waals surface area contributed by atoms with Crippen LogP contribution >= 0.6 is 11.6 Å². The lowest BCUT2D eigenvalue weighted by atomic mass is 9.99. The molecule has 4 N–H and O–H groups in total. The number of nitrogens with two attached hydrogens (primary N) is 2. The lowest BCUT2D eigenvalue weighted by molar-refractivity contribution is 0.0685. The van der Waals surface area contributed by atoms with E-state index in [9.17, 15) is 4.39 Å². The second kappa shape index (κ2) is 5.84. The van der Waals surface area contributed by atoms with E-state index in [-0.39, 0.29) is 10.7 Å². The number of hydrogen-bond donors (Lipinski definition) is 2. The minimum Gasteiger partial charge on any atom is -0.397 e. The number of nitrogen functional groups attached to an aromatic ring is 2. The van der Waals surface area contributed by atoms with Gasteiger partial charge in [0.25, 0.3) is 0 Å². The first kappa shape index (κ1) is 14.2. The molecule has 1 aromatic rings. The van der Waals surface area contributed by atoms with Gasteiger partial charge in [0.1, 0.15) is 5.02 Å². The van der Waals surface area contributed by atoms with Crippen molar-refractivity contribution in [2.75, 3.05) is 43.2 Å². The van der Waals surface area contributed by atoms with Gasteiger partial charge in [-0.2, -0.15) is 0 Å². The maximum atomic E-state index is 14.2. The van der Waals surface area contributed by atoms with Gasteiger partial charge in [-0.15, -0.1) is 0 Å². The molecule has 1 aromatic carbocycles. The van der Waals surface area contributed by atoms with Gasteiger partial charge in [0.05, 0.1) is 17.1 Å². The lowest BCUT2D eigenvalue weighted by Gasteiger charge is -2.29. The predicted octanol–water partition coefficient (Wildman–Crippen LogP) is 2.51. The van der Waals surface area contributed by atoms with E-state index in [1.54, 1.807) is 0 Å². The zero-order chi connectivity index (χ0) is 14.0. The number of anilines is 3. The Morgan fingerprint density at radius 3 is 2.63 bits per heavy atom. The predicted molar refractivity (Wildman–Crippen MR) is 77.0 cm³/mol. The van der Waals surface area contributed by atoms with Gasteiger partial charge < -0.3 is 21.1 Å². The van der Waals surface area contributed by atoms with Crippen LogP contribution in [0.4, 0.5) is 21.5 Å². The molecule has 1 heterocycles. The fourth-order valence-electron chi connectivity index (χ4n) is 2.45. The average Bonchev–Trinajstić information content (AvgIpc) is 2.37. The monoisotopic (exact) mass is 287 g/mol. The number of ether oxygens (including phenoxy) is 1. The van der Waals surface area contributed by atoms with Gasteiger partial charge in [-0.3, -0.25) is 0 Å². The number of rotatable bonds is 3. The molecule has 106 valence electrons. The zero-order valence-corrected chi connectivity index (χ0v) is 11.7. The van der Waals surface area contributed by atoms with E-state index in [0.717, 1.165) is 32.6 Å². The van der Waals surface area contributed by atoms with Crippen LogP contribution in [0, 0.1) is 11.7 Å². The molecule has 0 aromatic heterocycles. The van der Waals surface area contributed by atoms with Gasteiger partial charge in [-0.25, -0.2) is 4.39 Å². The Kier molecular flexibility index (Phi) is 4.37.